The first-order valence-electron chi connectivity index (χ1n) is 6.09. The van der Waals surface area contributed by atoms with E-state index in [1.807, 2.05) is 30.6 Å². The lowest BCUT2D eigenvalue weighted by molar-refractivity contribution is -0.690. The first kappa shape index (κ1) is 19.9. The minimum absolute atomic E-state index is 0. The molecule has 0 atom stereocenters. The summed E-state index contributed by atoms with van der Waals surface area (Å²) in [6.07, 6.45) is 4.07. The summed E-state index contributed by atoms with van der Waals surface area (Å²) < 4.78 is 2.12. The molecule has 1 aromatic heterocycles. The Bertz CT molecular complexity index is 550. The van der Waals surface area contributed by atoms with Crippen LogP contribution in [0.3, 0.4) is 0 Å². The Morgan fingerprint density at radius 3 is 2.24 bits per heavy atom. The SMILES string of the molecule is CN(C)C(=O)[S-].Sc1ccc[n+](Cc2ccccc2)c1.[Br-]. The molecule has 0 N–H and O–H groups in total. The Balaban J connectivity index is 0.000000495. The van der Waals surface area contributed by atoms with Gasteiger partial charge in [0.05, 0.1) is 4.90 Å². The molecule has 114 valence electrons. The number of hydrogen-bond donors (Lipinski definition) is 1. The van der Waals surface area contributed by atoms with Crippen LogP contribution in [0.4, 0.5) is 4.79 Å². The summed E-state index contributed by atoms with van der Waals surface area (Å²) in [6.45, 7) is 0.898. The van der Waals surface area contributed by atoms with Crippen molar-refractivity contribution >= 4 is 30.5 Å². The van der Waals surface area contributed by atoms with Crippen LogP contribution in [-0.4, -0.2) is 24.2 Å². The minimum atomic E-state index is -0.324. The Labute approximate surface area is 147 Å². The van der Waals surface area contributed by atoms with Gasteiger partial charge in [-0.3, -0.25) is 0 Å². The number of nitrogens with zero attached hydrogens (tertiary/aromatic N) is 2. The van der Waals surface area contributed by atoms with Crippen molar-refractivity contribution in [1.82, 2.24) is 4.90 Å². The topological polar surface area (TPSA) is 24.2 Å². The average molecular weight is 386 g/mol. The third-order valence-electron chi connectivity index (χ3n) is 2.42. The fraction of sp³-hybridized carbons (Fsp3) is 0.200. The molecule has 0 saturated carbocycles. The molecule has 0 spiro atoms. The maximum Gasteiger partial charge on any atom is 0.182 e. The highest BCUT2D eigenvalue weighted by molar-refractivity contribution is 7.80. The fourth-order valence-corrected chi connectivity index (χ4v) is 1.64. The van der Waals surface area contributed by atoms with Gasteiger partial charge in [-0.2, -0.15) is 4.57 Å². The quantitative estimate of drug-likeness (QED) is 0.429. The van der Waals surface area contributed by atoms with Crippen LogP contribution in [0.2, 0.25) is 0 Å². The lowest BCUT2D eigenvalue weighted by atomic mass is 10.2. The van der Waals surface area contributed by atoms with Crippen molar-refractivity contribution in [1.29, 1.82) is 0 Å². The molecule has 1 heterocycles. The molecule has 0 saturated heterocycles. The lowest BCUT2D eigenvalue weighted by Gasteiger charge is -2.12. The molecule has 0 aliphatic carbocycles. The van der Waals surface area contributed by atoms with Crippen molar-refractivity contribution in [2.45, 2.75) is 11.4 Å². The number of halogens is 1. The second kappa shape index (κ2) is 10.6. The molecule has 6 heteroatoms. The van der Waals surface area contributed by atoms with Gasteiger partial charge in [0, 0.05) is 25.7 Å². The Morgan fingerprint density at radius 1 is 1.19 bits per heavy atom. The van der Waals surface area contributed by atoms with Gasteiger partial charge in [0.15, 0.2) is 18.9 Å². The summed E-state index contributed by atoms with van der Waals surface area (Å²) in [5.74, 6) is 0. The van der Waals surface area contributed by atoms with Gasteiger partial charge in [-0.05, 0) is 6.07 Å². The second-order valence-electron chi connectivity index (χ2n) is 4.38. The number of carbonyl (C=O) groups excluding carboxylic acids is 1. The zero-order valence-corrected chi connectivity index (χ0v) is 15.2. The smallest absolute Gasteiger partial charge is 0.182 e. The number of benzene rings is 1. The highest BCUT2D eigenvalue weighted by Gasteiger charge is 2.01. The van der Waals surface area contributed by atoms with Crippen LogP contribution in [0.5, 0.6) is 0 Å². The van der Waals surface area contributed by atoms with Crippen molar-refractivity contribution < 1.29 is 26.3 Å². The fourth-order valence-electron chi connectivity index (χ4n) is 1.40. The van der Waals surface area contributed by atoms with E-state index in [9.17, 15) is 4.79 Å². The normalized spacial score (nSPS) is 8.90. The number of carbonyl (C=O) groups is 1. The molecule has 3 nitrogen and oxygen atoms in total. The Morgan fingerprint density at radius 2 is 1.76 bits per heavy atom. The molecule has 0 aliphatic rings. The second-order valence-corrected chi connectivity index (χ2v) is 5.25. The Hall–Kier alpha value is -1.11. The summed E-state index contributed by atoms with van der Waals surface area (Å²) in [4.78, 5) is 12.2. The van der Waals surface area contributed by atoms with Crippen LogP contribution < -0.4 is 21.5 Å². The number of pyridine rings is 1. The van der Waals surface area contributed by atoms with E-state index in [1.54, 1.807) is 14.1 Å². The van der Waals surface area contributed by atoms with Crippen LogP contribution >= 0.6 is 12.6 Å². The van der Waals surface area contributed by atoms with Crippen molar-refractivity contribution in [2.24, 2.45) is 0 Å². The third kappa shape index (κ3) is 8.70. The van der Waals surface area contributed by atoms with Crippen LogP contribution in [-0.2, 0) is 19.2 Å². The predicted molar refractivity (Wildman–Crippen MR) is 85.9 cm³/mol. The van der Waals surface area contributed by atoms with E-state index in [0.29, 0.717) is 0 Å². The third-order valence-corrected chi connectivity index (χ3v) is 3.05. The van der Waals surface area contributed by atoms with Gasteiger partial charge in [0.1, 0.15) is 5.24 Å². The van der Waals surface area contributed by atoms with E-state index in [4.69, 9.17) is 0 Å². The number of thiol groups is 1. The molecule has 2 aromatic rings. The number of hydrogen-bond acceptors (Lipinski definition) is 3. The van der Waals surface area contributed by atoms with Crippen molar-refractivity contribution in [3.05, 3.63) is 60.4 Å². The van der Waals surface area contributed by atoms with E-state index in [2.05, 4.69) is 54.1 Å². The molecule has 0 aliphatic heterocycles. The van der Waals surface area contributed by atoms with Gasteiger partial charge in [-0.1, -0.05) is 30.3 Å². The van der Waals surface area contributed by atoms with Crippen LogP contribution in [0, 0.1) is 0 Å². The predicted octanol–water partition coefficient (Wildman–Crippen LogP) is -0.470. The molecule has 0 unspecified atom stereocenters. The molecular weight excluding hydrogens is 368 g/mol. The van der Waals surface area contributed by atoms with Gasteiger partial charge >= 0.3 is 0 Å². The van der Waals surface area contributed by atoms with Crippen molar-refractivity contribution in [3.8, 4) is 0 Å². The molecule has 0 radical (unpaired) electrons. The molecule has 1 aromatic carbocycles. The van der Waals surface area contributed by atoms with Crippen molar-refractivity contribution in [2.75, 3.05) is 14.1 Å². The first-order valence-corrected chi connectivity index (χ1v) is 6.95. The highest BCUT2D eigenvalue weighted by atomic mass is 79.9. The van der Waals surface area contributed by atoms with E-state index < -0.39 is 0 Å². The molecule has 0 bridgehead atoms. The van der Waals surface area contributed by atoms with Crippen LogP contribution in [0.15, 0.2) is 59.8 Å². The highest BCUT2D eigenvalue weighted by Crippen LogP contribution is 2.01. The Kier molecular flexibility index (Phi) is 10.0. The lowest BCUT2D eigenvalue weighted by Crippen LogP contribution is -3.00. The van der Waals surface area contributed by atoms with E-state index >= 15 is 0 Å². The van der Waals surface area contributed by atoms with Gasteiger partial charge < -0.3 is 39.3 Å². The molecule has 2 rings (SSSR count). The largest absolute Gasteiger partial charge is 1.00 e. The molecule has 1 amide bonds. The summed E-state index contributed by atoms with van der Waals surface area (Å²) in [5, 5.41) is -0.324. The zero-order valence-electron chi connectivity index (χ0n) is 11.9. The van der Waals surface area contributed by atoms with Crippen LogP contribution in [0.25, 0.3) is 0 Å². The van der Waals surface area contributed by atoms with Gasteiger partial charge in [0.25, 0.3) is 0 Å². The molecule has 21 heavy (non-hydrogen) atoms. The van der Waals surface area contributed by atoms with Gasteiger partial charge in [-0.25, -0.2) is 0 Å². The summed E-state index contributed by atoms with van der Waals surface area (Å²) in [7, 11) is 3.24. The maximum atomic E-state index is 9.88. The maximum absolute atomic E-state index is 9.88. The average Bonchev–Trinajstić information content (AvgIpc) is 2.40. The monoisotopic (exact) mass is 385 g/mol. The van der Waals surface area contributed by atoms with Crippen LogP contribution in [0.1, 0.15) is 5.56 Å². The summed E-state index contributed by atoms with van der Waals surface area (Å²) >= 11 is 8.49. The van der Waals surface area contributed by atoms with Gasteiger partial charge in [0.2, 0.25) is 0 Å². The first-order chi connectivity index (χ1) is 9.49. The molecule has 0 fully saturated rings. The zero-order chi connectivity index (χ0) is 15.0. The summed E-state index contributed by atoms with van der Waals surface area (Å²) in [6, 6.07) is 14.4. The number of amides is 1. The van der Waals surface area contributed by atoms with E-state index in [1.165, 1.54) is 10.5 Å². The summed E-state index contributed by atoms with van der Waals surface area (Å²) in [5.41, 5.74) is 1.30. The standard InChI is InChI=1S/C12H11NS.C3H7NOS.BrH/c14-12-7-4-8-13(10-12)9-11-5-2-1-3-6-11;1-4(2)3(5)6;/h1-8,10H,9H2;1-2H3,(H,5,6);1H/p-1. The van der Waals surface area contributed by atoms with Crippen molar-refractivity contribution in [3.63, 3.8) is 0 Å². The van der Waals surface area contributed by atoms with Gasteiger partial charge in [-0.15, -0.1) is 12.6 Å². The van der Waals surface area contributed by atoms with E-state index in [-0.39, 0.29) is 22.2 Å². The van der Waals surface area contributed by atoms with E-state index in [0.717, 1.165) is 11.4 Å². The minimum Gasteiger partial charge on any atom is -1.00 e. The number of aromatic nitrogens is 1. The molecular formula is C15H18BrN2OS2-. The number of rotatable bonds is 2.